The highest BCUT2D eigenvalue weighted by Crippen LogP contribution is 2.26. The second kappa shape index (κ2) is 5.41. The number of nitrogens with zero attached hydrogens (tertiary/aromatic N) is 1. The van der Waals surface area contributed by atoms with Crippen molar-refractivity contribution in [1.82, 2.24) is 0 Å². The molecule has 3 rings (SSSR count). The van der Waals surface area contributed by atoms with Crippen molar-refractivity contribution in [3.05, 3.63) is 77.9 Å². The van der Waals surface area contributed by atoms with Crippen LogP contribution in [-0.4, -0.2) is 13.0 Å². The van der Waals surface area contributed by atoms with Crippen LogP contribution in [0.25, 0.3) is 10.8 Å². The summed E-state index contributed by atoms with van der Waals surface area (Å²) in [6.07, 6.45) is 0. The molecule has 0 fully saturated rings. The van der Waals surface area contributed by atoms with Crippen LogP contribution in [-0.2, 0) is 0 Å². The zero-order chi connectivity index (χ0) is 14.8. The van der Waals surface area contributed by atoms with Gasteiger partial charge in [-0.05, 0) is 30.5 Å². The molecule has 0 aliphatic heterocycles. The molecule has 0 aromatic heterocycles. The number of hydrogen-bond acceptors (Lipinski definition) is 1. The molecule has 3 aromatic rings. The van der Waals surface area contributed by atoms with Gasteiger partial charge in [-0.2, -0.15) is 0 Å². The fraction of sp³-hybridized carbons (Fsp3) is 0.105. The third-order valence-electron chi connectivity index (χ3n) is 3.70. The summed E-state index contributed by atoms with van der Waals surface area (Å²) in [6, 6.07) is 21.8. The molecular weight excluding hydrogens is 258 g/mol. The van der Waals surface area contributed by atoms with Crippen molar-refractivity contribution in [2.24, 2.45) is 0 Å². The number of benzene rings is 3. The van der Waals surface area contributed by atoms with E-state index in [1.165, 1.54) is 0 Å². The Morgan fingerprint density at radius 3 is 2.43 bits per heavy atom. The lowest BCUT2D eigenvalue weighted by molar-refractivity contribution is 0.0993. The maximum atomic E-state index is 12.7. The fourth-order valence-corrected chi connectivity index (χ4v) is 2.58. The van der Waals surface area contributed by atoms with Crippen LogP contribution in [0.1, 0.15) is 15.9 Å². The lowest BCUT2D eigenvalue weighted by Gasteiger charge is -2.19. The first-order valence-corrected chi connectivity index (χ1v) is 6.99. The number of hydrogen-bond donors (Lipinski definition) is 0. The molecule has 1 amide bonds. The fourth-order valence-electron chi connectivity index (χ4n) is 2.58. The van der Waals surface area contributed by atoms with E-state index < -0.39 is 0 Å². The first-order chi connectivity index (χ1) is 10.2. The molecular formula is C19H17NO. The summed E-state index contributed by atoms with van der Waals surface area (Å²) >= 11 is 0. The first kappa shape index (κ1) is 13.4. The Labute approximate surface area is 124 Å². The number of aryl methyl sites for hydroxylation is 1. The molecule has 0 radical (unpaired) electrons. The molecule has 0 N–H and O–H groups in total. The van der Waals surface area contributed by atoms with Gasteiger partial charge in [-0.3, -0.25) is 4.79 Å². The van der Waals surface area contributed by atoms with Gasteiger partial charge in [0.25, 0.3) is 5.91 Å². The van der Waals surface area contributed by atoms with E-state index in [0.29, 0.717) is 5.56 Å². The second-order valence-electron chi connectivity index (χ2n) is 5.23. The molecule has 0 spiro atoms. The van der Waals surface area contributed by atoms with E-state index in [2.05, 4.69) is 12.1 Å². The van der Waals surface area contributed by atoms with Crippen LogP contribution < -0.4 is 4.90 Å². The van der Waals surface area contributed by atoms with Crippen LogP contribution >= 0.6 is 0 Å². The number of anilines is 1. The average molecular weight is 275 g/mol. The SMILES string of the molecule is Cc1cccc(C(=O)N(C)c2cccc3ccccc23)c1. The van der Waals surface area contributed by atoms with Crippen molar-refractivity contribution in [1.29, 1.82) is 0 Å². The highest BCUT2D eigenvalue weighted by molar-refractivity contribution is 6.10. The number of rotatable bonds is 2. The third-order valence-corrected chi connectivity index (χ3v) is 3.70. The Bertz CT molecular complexity index is 802. The van der Waals surface area contributed by atoms with Crippen molar-refractivity contribution in [3.63, 3.8) is 0 Å². The molecule has 0 atom stereocenters. The predicted molar refractivity (Wildman–Crippen MR) is 87.9 cm³/mol. The molecule has 2 heteroatoms. The minimum atomic E-state index is 0.00931. The highest BCUT2D eigenvalue weighted by Gasteiger charge is 2.15. The van der Waals surface area contributed by atoms with Gasteiger partial charge in [-0.15, -0.1) is 0 Å². The molecule has 2 nitrogen and oxygen atoms in total. The van der Waals surface area contributed by atoms with Gasteiger partial charge in [-0.1, -0.05) is 54.1 Å². The van der Waals surface area contributed by atoms with Crippen molar-refractivity contribution >= 4 is 22.4 Å². The van der Waals surface area contributed by atoms with Gasteiger partial charge in [0, 0.05) is 18.0 Å². The van der Waals surface area contributed by atoms with Gasteiger partial charge < -0.3 is 4.90 Å². The Kier molecular flexibility index (Phi) is 3.44. The average Bonchev–Trinajstić information content (AvgIpc) is 2.53. The highest BCUT2D eigenvalue weighted by atomic mass is 16.2. The zero-order valence-corrected chi connectivity index (χ0v) is 12.2. The van der Waals surface area contributed by atoms with Gasteiger partial charge >= 0.3 is 0 Å². The van der Waals surface area contributed by atoms with Crippen LogP contribution in [0.2, 0.25) is 0 Å². The van der Waals surface area contributed by atoms with E-state index >= 15 is 0 Å². The quantitative estimate of drug-likeness (QED) is 0.677. The normalized spacial score (nSPS) is 10.6. The third kappa shape index (κ3) is 2.52. The largest absolute Gasteiger partial charge is 0.311 e. The maximum Gasteiger partial charge on any atom is 0.258 e. The van der Waals surface area contributed by atoms with Crippen molar-refractivity contribution in [2.75, 3.05) is 11.9 Å². The van der Waals surface area contributed by atoms with E-state index in [4.69, 9.17) is 0 Å². The van der Waals surface area contributed by atoms with E-state index in [1.807, 2.05) is 68.6 Å². The van der Waals surface area contributed by atoms with Gasteiger partial charge in [0.05, 0.1) is 5.69 Å². The number of amides is 1. The summed E-state index contributed by atoms with van der Waals surface area (Å²) in [7, 11) is 1.83. The van der Waals surface area contributed by atoms with Crippen LogP contribution in [0.5, 0.6) is 0 Å². The first-order valence-electron chi connectivity index (χ1n) is 6.99. The maximum absolute atomic E-state index is 12.7. The van der Waals surface area contributed by atoms with E-state index in [0.717, 1.165) is 22.0 Å². The molecule has 3 aromatic carbocycles. The van der Waals surface area contributed by atoms with Gasteiger partial charge in [0.15, 0.2) is 0 Å². The lowest BCUT2D eigenvalue weighted by Crippen LogP contribution is -2.26. The molecule has 0 bridgehead atoms. The molecule has 104 valence electrons. The van der Waals surface area contributed by atoms with Crippen LogP contribution in [0.4, 0.5) is 5.69 Å². The minimum Gasteiger partial charge on any atom is -0.311 e. The molecule has 0 saturated heterocycles. The molecule has 0 aliphatic carbocycles. The smallest absolute Gasteiger partial charge is 0.258 e. The number of carbonyl (C=O) groups excluding carboxylic acids is 1. The standard InChI is InChI=1S/C19H17NO/c1-14-7-5-10-16(13-14)19(21)20(2)18-12-6-9-15-8-3-4-11-17(15)18/h3-13H,1-2H3. The van der Waals surface area contributed by atoms with Gasteiger partial charge in [-0.25, -0.2) is 0 Å². The van der Waals surface area contributed by atoms with E-state index in [1.54, 1.807) is 4.90 Å². The van der Waals surface area contributed by atoms with Crippen LogP contribution in [0.3, 0.4) is 0 Å². The summed E-state index contributed by atoms with van der Waals surface area (Å²) in [6.45, 7) is 1.99. The minimum absolute atomic E-state index is 0.00931. The molecule has 21 heavy (non-hydrogen) atoms. The zero-order valence-electron chi connectivity index (χ0n) is 12.2. The number of fused-ring (bicyclic) bond motifs is 1. The summed E-state index contributed by atoms with van der Waals surface area (Å²) in [5.41, 5.74) is 2.73. The van der Waals surface area contributed by atoms with E-state index in [-0.39, 0.29) is 5.91 Å². The molecule has 0 saturated carbocycles. The Morgan fingerprint density at radius 1 is 0.905 bits per heavy atom. The molecule has 0 heterocycles. The van der Waals surface area contributed by atoms with Crippen LogP contribution in [0, 0.1) is 6.92 Å². The summed E-state index contributed by atoms with van der Waals surface area (Å²) in [5.74, 6) is 0.00931. The Hall–Kier alpha value is -2.61. The van der Waals surface area contributed by atoms with Crippen LogP contribution in [0.15, 0.2) is 66.7 Å². The van der Waals surface area contributed by atoms with Crippen molar-refractivity contribution in [3.8, 4) is 0 Å². The van der Waals surface area contributed by atoms with Crippen molar-refractivity contribution in [2.45, 2.75) is 6.92 Å². The Balaban J connectivity index is 2.04. The summed E-state index contributed by atoms with van der Waals surface area (Å²) in [5, 5.41) is 2.22. The summed E-state index contributed by atoms with van der Waals surface area (Å²) in [4.78, 5) is 14.4. The molecule has 0 unspecified atom stereocenters. The summed E-state index contributed by atoms with van der Waals surface area (Å²) < 4.78 is 0. The molecule has 0 aliphatic rings. The number of carbonyl (C=O) groups is 1. The Morgan fingerprint density at radius 2 is 1.62 bits per heavy atom. The lowest BCUT2D eigenvalue weighted by atomic mass is 10.1. The van der Waals surface area contributed by atoms with E-state index in [9.17, 15) is 4.79 Å². The van der Waals surface area contributed by atoms with Gasteiger partial charge in [0.1, 0.15) is 0 Å². The monoisotopic (exact) mass is 275 g/mol. The predicted octanol–water partition coefficient (Wildman–Crippen LogP) is 4.42. The van der Waals surface area contributed by atoms with Crippen molar-refractivity contribution < 1.29 is 4.79 Å². The topological polar surface area (TPSA) is 20.3 Å². The second-order valence-corrected chi connectivity index (χ2v) is 5.23. The van der Waals surface area contributed by atoms with Gasteiger partial charge in [0.2, 0.25) is 0 Å².